The molecule has 0 amide bonds. The van der Waals surface area contributed by atoms with Crippen LogP contribution < -0.4 is 11.2 Å². The van der Waals surface area contributed by atoms with Crippen LogP contribution in [0.5, 0.6) is 0 Å². The molecule has 0 saturated heterocycles. The van der Waals surface area contributed by atoms with E-state index >= 15 is 0 Å². The summed E-state index contributed by atoms with van der Waals surface area (Å²) in [6.07, 6.45) is 0.862. The van der Waals surface area contributed by atoms with Crippen LogP contribution in [0, 0.1) is 0 Å². The topological polar surface area (TPSA) is 35.2 Å². The van der Waals surface area contributed by atoms with Gasteiger partial charge in [-0.05, 0) is 39.1 Å². The van der Waals surface area contributed by atoms with Crippen molar-refractivity contribution in [1.82, 2.24) is 0 Å². The second-order valence-corrected chi connectivity index (χ2v) is 4.71. The van der Waals surface area contributed by atoms with Crippen molar-refractivity contribution in [3.8, 4) is 0 Å². The monoisotopic (exact) mass is 205 g/mol. The van der Waals surface area contributed by atoms with Gasteiger partial charge in [0.1, 0.15) is 0 Å². The highest BCUT2D eigenvalue weighted by molar-refractivity contribution is 6.67. The smallest absolute Gasteiger partial charge is 0.328 e. The lowest BCUT2D eigenvalue weighted by Crippen LogP contribution is -2.41. The standard InChI is InChI=1S/C12H20BNO/c1-12(2,3)15-13(9-10-14)11-7-5-4-6-8-11/h4-8H,9-10,14H2,1-3H3. The summed E-state index contributed by atoms with van der Waals surface area (Å²) in [6.45, 7) is 6.96. The highest BCUT2D eigenvalue weighted by Gasteiger charge is 2.23. The minimum absolute atomic E-state index is 0.108. The second kappa shape index (κ2) is 5.33. The summed E-state index contributed by atoms with van der Waals surface area (Å²) in [6, 6.07) is 10.3. The van der Waals surface area contributed by atoms with E-state index in [-0.39, 0.29) is 12.5 Å². The van der Waals surface area contributed by atoms with E-state index in [1.54, 1.807) is 0 Å². The number of benzene rings is 1. The van der Waals surface area contributed by atoms with Crippen molar-refractivity contribution in [3.63, 3.8) is 0 Å². The maximum Gasteiger partial charge on any atom is 0.328 e. The Kier molecular flexibility index (Phi) is 4.36. The van der Waals surface area contributed by atoms with Crippen molar-refractivity contribution >= 4 is 12.4 Å². The van der Waals surface area contributed by atoms with E-state index in [0.717, 1.165) is 6.32 Å². The molecule has 0 aliphatic rings. The third-order valence-electron chi connectivity index (χ3n) is 2.10. The van der Waals surface area contributed by atoms with Crippen LogP contribution in [0.1, 0.15) is 20.8 Å². The quantitative estimate of drug-likeness (QED) is 0.758. The molecule has 0 spiro atoms. The van der Waals surface area contributed by atoms with Gasteiger partial charge in [-0.2, -0.15) is 0 Å². The summed E-state index contributed by atoms with van der Waals surface area (Å²) in [5.74, 6) is 0. The molecule has 0 heterocycles. The largest absolute Gasteiger partial charge is 0.426 e. The minimum Gasteiger partial charge on any atom is -0.426 e. The average Bonchev–Trinajstić information content (AvgIpc) is 2.17. The van der Waals surface area contributed by atoms with E-state index in [2.05, 4.69) is 32.9 Å². The first-order valence-electron chi connectivity index (χ1n) is 5.46. The number of hydrogen-bond donors (Lipinski definition) is 1. The van der Waals surface area contributed by atoms with Crippen LogP contribution in [-0.4, -0.2) is 19.1 Å². The van der Waals surface area contributed by atoms with Crippen molar-refractivity contribution in [2.45, 2.75) is 32.7 Å². The van der Waals surface area contributed by atoms with Gasteiger partial charge in [0.25, 0.3) is 0 Å². The van der Waals surface area contributed by atoms with Crippen LogP contribution >= 0.6 is 0 Å². The van der Waals surface area contributed by atoms with Gasteiger partial charge in [0.15, 0.2) is 0 Å². The summed E-state index contributed by atoms with van der Waals surface area (Å²) >= 11 is 0. The van der Waals surface area contributed by atoms with Crippen LogP contribution in [0.2, 0.25) is 6.32 Å². The second-order valence-electron chi connectivity index (χ2n) is 4.71. The Hall–Kier alpha value is -0.795. The first kappa shape index (κ1) is 12.3. The van der Waals surface area contributed by atoms with Crippen molar-refractivity contribution in [2.24, 2.45) is 5.73 Å². The third-order valence-corrected chi connectivity index (χ3v) is 2.10. The Morgan fingerprint density at radius 3 is 2.27 bits per heavy atom. The van der Waals surface area contributed by atoms with Crippen molar-refractivity contribution in [3.05, 3.63) is 30.3 Å². The Morgan fingerprint density at radius 1 is 1.20 bits per heavy atom. The molecule has 0 aliphatic carbocycles. The van der Waals surface area contributed by atoms with Gasteiger partial charge in [-0.25, -0.2) is 0 Å². The Labute approximate surface area is 92.9 Å². The molecule has 3 heteroatoms. The van der Waals surface area contributed by atoms with Gasteiger partial charge < -0.3 is 10.4 Å². The zero-order valence-electron chi connectivity index (χ0n) is 9.86. The van der Waals surface area contributed by atoms with Gasteiger partial charge in [0.05, 0.1) is 0 Å². The number of nitrogens with two attached hydrogens (primary N) is 1. The predicted octanol–water partition coefficient (Wildman–Crippen LogP) is 1.66. The summed E-state index contributed by atoms with van der Waals surface area (Å²) in [5.41, 5.74) is 6.68. The maximum atomic E-state index is 5.98. The maximum absolute atomic E-state index is 5.98. The Morgan fingerprint density at radius 2 is 1.80 bits per heavy atom. The van der Waals surface area contributed by atoms with Crippen molar-refractivity contribution in [2.75, 3.05) is 6.54 Å². The van der Waals surface area contributed by atoms with Gasteiger partial charge in [-0.15, -0.1) is 0 Å². The highest BCUT2D eigenvalue weighted by atomic mass is 16.5. The molecule has 1 aromatic rings. The molecular formula is C12H20BNO. The molecule has 0 bridgehead atoms. The fourth-order valence-electron chi connectivity index (χ4n) is 1.54. The summed E-state index contributed by atoms with van der Waals surface area (Å²) in [4.78, 5) is 0. The van der Waals surface area contributed by atoms with E-state index in [1.807, 2.05) is 18.2 Å². The lowest BCUT2D eigenvalue weighted by molar-refractivity contribution is 0.132. The molecule has 2 N–H and O–H groups in total. The molecule has 15 heavy (non-hydrogen) atoms. The molecule has 0 radical (unpaired) electrons. The molecule has 0 fully saturated rings. The number of hydrogen-bond acceptors (Lipinski definition) is 2. The van der Waals surface area contributed by atoms with E-state index in [1.165, 1.54) is 5.46 Å². The van der Waals surface area contributed by atoms with Crippen molar-refractivity contribution < 1.29 is 4.65 Å². The predicted molar refractivity (Wildman–Crippen MR) is 66.5 cm³/mol. The zero-order valence-corrected chi connectivity index (χ0v) is 9.86. The van der Waals surface area contributed by atoms with Gasteiger partial charge >= 0.3 is 6.92 Å². The molecule has 0 saturated carbocycles. The first-order valence-corrected chi connectivity index (χ1v) is 5.46. The molecule has 0 aromatic heterocycles. The van der Waals surface area contributed by atoms with Crippen molar-refractivity contribution in [1.29, 1.82) is 0 Å². The molecule has 1 aromatic carbocycles. The molecule has 2 nitrogen and oxygen atoms in total. The van der Waals surface area contributed by atoms with Gasteiger partial charge in [-0.3, -0.25) is 0 Å². The van der Waals surface area contributed by atoms with Gasteiger partial charge in [0, 0.05) is 5.60 Å². The van der Waals surface area contributed by atoms with E-state index < -0.39 is 0 Å². The first-order chi connectivity index (χ1) is 7.03. The van der Waals surface area contributed by atoms with Crippen LogP contribution in [0.4, 0.5) is 0 Å². The normalized spacial score (nSPS) is 11.5. The van der Waals surface area contributed by atoms with Crippen LogP contribution in [0.3, 0.4) is 0 Å². The lowest BCUT2D eigenvalue weighted by Gasteiger charge is -2.26. The zero-order chi connectivity index (χ0) is 11.3. The molecule has 1 rings (SSSR count). The van der Waals surface area contributed by atoms with E-state index in [0.29, 0.717) is 6.54 Å². The molecule has 0 aliphatic heterocycles. The fourth-order valence-corrected chi connectivity index (χ4v) is 1.54. The van der Waals surface area contributed by atoms with Crippen LogP contribution in [0.15, 0.2) is 30.3 Å². The summed E-state index contributed by atoms with van der Waals surface area (Å²) in [5, 5.41) is 0. The molecule has 0 unspecified atom stereocenters. The number of rotatable bonds is 4. The third kappa shape index (κ3) is 4.49. The van der Waals surface area contributed by atoms with E-state index in [4.69, 9.17) is 10.4 Å². The lowest BCUT2D eigenvalue weighted by atomic mass is 9.57. The van der Waals surface area contributed by atoms with Gasteiger partial charge in [-0.1, -0.05) is 30.3 Å². The Bertz CT molecular complexity index is 281. The van der Waals surface area contributed by atoms with Crippen LogP contribution in [0.25, 0.3) is 0 Å². The molecule has 82 valence electrons. The summed E-state index contributed by atoms with van der Waals surface area (Å²) < 4.78 is 5.98. The minimum atomic E-state index is -0.129. The van der Waals surface area contributed by atoms with Crippen LogP contribution in [-0.2, 0) is 4.65 Å². The van der Waals surface area contributed by atoms with Gasteiger partial charge in [0.2, 0.25) is 0 Å². The molecular weight excluding hydrogens is 185 g/mol. The molecule has 0 atom stereocenters. The Balaban J connectivity index is 2.75. The SMILES string of the molecule is CC(C)(C)OB(CCN)c1ccccc1. The van der Waals surface area contributed by atoms with E-state index in [9.17, 15) is 0 Å². The fraction of sp³-hybridized carbons (Fsp3) is 0.500. The highest BCUT2D eigenvalue weighted by Crippen LogP contribution is 2.10. The average molecular weight is 205 g/mol. The summed E-state index contributed by atoms with van der Waals surface area (Å²) in [7, 11) is 0.